The number of furan rings is 1. The van der Waals surface area contributed by atoms with Gasteiger partial charge in [0.2, 0.25) is 0 Å². The van der Waals surface area contributed by atoms with Crippen LogP contribution in [0.1, 0.15) is 72.4 Å². The molecule has 0 aliphatic carbocycles. The average Bonchev–Trinajstić information content (AvgIpc) is 3.23. The number of halogens is 1. The number of amides is 1. The number of benzene rings is 2. The van der Waals surface area contributed by atoms with Crippen LogP contribution < -0.4 is 4.90 Å². The summed E-state index contributed by atoms with van der Waals surface area (Å²) in [4.78, 5) is 27.6. The van der Waals surface area contributed by atoms with E-state index in [2.05, 4.69) is 6.92 Å². The molecule has 0 N–H and O–H groups in total. The van der Waals surface area contributed by atoms with Gasteiger partial charge in [0.25, 0.3) is 5.91 Å². The van der Waals surface area contributed by atoms with Gasteiger partial charge in [-0.15, -0.1) is 0 Å². The van der Waals surface area contributed by atoms with Crippen molar-refractivity contribution in [3.63, 3.8) is 0 Å². The van der Waals surface area contributed by atoms with Crippen LogP contribution in [0.2, 0.25) is 0 Å². The van der Waals surface area contributed by atoms with Crippen molar-refractivity contribution in [2.45, 2.75) is 52.9 Å². The molecule has 1 heterocycles. The zero-order valence-corrected chi connectivity index (χ0v) is 20.1. The fourth-order valence-electron chi connectivity index (χ4n) is 3.83. The predicted molar refractivity (Wildman–Crippen MR) is 132 cm³/mol. The third kappa shape index (κ3) is 6.34. The van der Waals surface area contributed by atoms with E-state index in [1.54, 1.807) is 55.1 Å². The van der Waals surface area contributed by atoms with Crippen molar-refractivity contribution >= 4 is 17.6 Å². The van der Waals surface area contributed by atoms with E-state index in [1.165, 1.54) is 12.1 Å². The third-order valence-electron chi connectivity index (χ3n) is 5.68. The second-order valence-corrected chi connectivity index (χ2v) is 8.23. The van der Waals surface area contributed by atoms with Gasteiger partial charge in [0.15, 0.2) is 0 Å². The Kier molecular flexibility index (Phi) is 9.02. The Morgan fingerprint density at radius 1 is 0.971 bits per heavy atom. The largest absolute Gasteiger partial charge is 0.462 e. The van der Waals surface area contributed by atoms with Crippen molar-refractivity contribution in [2.24, 2.45) is 0 Å². The van der Waals surface area contributed by atoms with Crippen LogP contribution >= 0.6 is 0 Å². The minimum absolute atomic E-state index is 0.203. The smallest absolute Gasteiger partial charge is 0.338 e. The fraction of sp³-hybridized carbons (Fsp3) is 0.357. The highest BCUT2D eigenvalue weighted by Crippen LogP contribution is 2.28. The maximum atomic E-state index is 13.7. The van der Waals surface area contributed by atoms with Crippen molar-refractivity contribution in [2.75, 3.05) is 18.1 Å². The molecule has 3 aromatic rings. The van der Waals surface area contributed by atoms with E-state index < -0.39 is 5.97 Å². The zero-order valence-electron chi connectivity index (χ0n) is 20.1. The standard InChI is InChI=1S/C28H32FNO4/c1-4-6-7-8-9-17-30(24-12-10-11-22(18-24)28(32)33-5-2)27(31)25-19-26(34-20(25)3)21-13-15-23(29)16-14-21/h10-16,18-19H,4-9,17H2,1-3H3. The molecule has 180 valence electrons. The SMILES string of the molecule is CCCCCCCN(C(=O)c1cc(-c2ccc(F)cc2)oc1C)c1cccc(C(=O)OCC)c1. The van der Waals surface area contributed by atoms with Crippen molar-refractivity contribution < 1.29 is 23.1 Å². The van der Waals surface area contributed by atoms with Crippen LogP contribution in [0.15, 0.2) is 59.0 Å². The molecule has 6 heteroatoms. The number of aryl methyl sites for hydroxylation is 1. The summed E-state index contributed by atoms with van der Waals surface area (Å²) in [7, 11) is 0. The topological polar surface area (TPSA) is 59.8 Å². The van der Waals surface area contributed by atoms with Gasteiger partial charge in [0.1, 0.15) is 17.3 Å². The summed E-state index contributed by atoms with van der Waals surface area (Å²) in [6, 6.07) is 14.6. The third-order valence-corrected chi connectivity index (χ3v) is 5.68. The molecule has 1 amide bonds. The number of carbonyl (C=O) groups excluding carboxylic acids is 2. The van der Waals surface area contributed by atoms with Gasteiger partial charge >= 0.3 is 5.97 Å². The number of carbonyl (C=O) groups is 2. The van der Waals surface area contributed by atoms with Crippen LogP contribution in [-0.2, 0) is 4.74 Å². The molecule has 0 atom stereocenters. The van der Waals surface area contributed by atoms with Gasteiger partial charge in [-0.3, -0.25) is 4.79 Å². The lowest BCUT2D eigenvalue weighted by Crippen LogP contribution is -2.32. The first-order valence-electron chi connectivity index (χ1n) is 11.9. The summed E-state index contributed by atoms with van der Waals surface area (Å²) in [5.41, 5.74) is 2.17. The van der Waals surface area contributed by atoms with E-state index in [-0.39, 0.29) is 18.3 Å². The Hall–Kier alpha value is -3.41. The highest BCUT2D eigenvalue weighted by molar-refractivity contribution is 6.07. The van der Waals surface area contributed by atoms with Gasteiger partial charge in [-0.25, -0.2) is 9.18 Å². The van der Waals surface area contributed by atoms with Crippen LogP contribution in [0.3, 0.4) is 0 Å². The molecule has 0 aliphatic heterocycles. The lowest BCUT2D eigenvalue weighted by molar-refractivity contribution is 0.0526. The number of anilines is 1. The van der Waals surface area contributed by atoms with E-state index in [4.69, 9.17) is 9.15 Å². The Balaban J connectivity index is 1.90. The van der Waals surface area contributed by atoms with Crippen molar-refractivity contribution in [1.29, 1.82) is 0 Å². The van der Waals surface area contributed by atoms with E-state index >= 15 is 0 Å². The van der Waals surface area contributed by atoms with E-state index in [0.29, 0.717) is 40.4 Å². The monoisotopic (exact) mass is 465 g/mol. The Bertz CT molecular complexity index is 1100. The number of ether oxygens (including phenoxy) is 1. The van der Waals surface area contributed by atoms with Crippen LogP contribution in [0.25, 0.3) is 11.3 Å². The van der Waals surface area contributed by atoms with Crippen LogP contribution in [0.4, 0.5) is 10.1 Å². The van der Waals surface area contributed by atoms with Gasteiger partial charge in [-0.2, -0.15) is 0 Å². The van der Waals surface area contributed by atoms with Gasteiger partial charge in [0.05, 0.1) is 17.7 Å². The number of unbranched alkanes of at least 4 members (excludes halogenated alkanes) is 4. The highest BCUT2D eigenvalue weighted by Gasteiger charge is 2.24. The molecule has 0 radical (unpaired) electrons. The van der Waals surface area contributed by atoms with Crippen LogP contribution in [-0.4, -0.2) is 25.0 Å². The van der Waals surface area contributed by atoms with Gasteiger partial charge in [0, 0.05) is 17.8 Å². The van der Waals surface area contributed by atoms with Gasteiger partial charge in [-0.1, -0.05) is 38.7 Å². The highest BCUT2D eigenvalue weighted by atomic mass is 19.1. The molecular weight excluding hydrogens is 433 g/mol. The molecule has 34 heavy (non-hydrogen) atoms. The minimum Gasteiger partial charge on any atom is -0.462 e. The molecular formula is C28H32FNO4. The first kappa shape index (κ1) is 25.2. The maximum absolute atomic E-state index is 13.7. The van der Waals surface area contributed by atoms with E-state index in [0.717, 1.165) is 32.1 Å². The molecule has 0 unspecified atom stereocenters. The molecule has 5 nitrogen and oxygen atoms in total. The Morgan fingerprint density at radius 3 is 2.41 bits per heavy atom. The van der Waals surface area contributed by atoms with E-state index in [1.807, 2.05) is 6.07 Å². The zero-order chi connectivity index (χ0) is 24.5. The predicted octanol–water partition coefficient (Wildman–Crippen LogP) is 7.19. The molecule has 2 aromatic carbocycles. The number of nitrogens with zero attached hydrogens (tertiary/aromatic N) is 1. The number of esters is 1. The first-order valence-corrected chi connectivity index (χ1v) is 11.9. The van der Waals surface area contributed by atoms with E-state index in [9.17, 15) is 14.0 Å². The lowest BCUT2D eigenvalue weighted by atomic mass is 10.1. The molecule has 0 saturated heterocycles. The maximum Gasteiger partial charge on any atom is 0.338 e. The minimum atomic E-state index is -0.419. The quantitative estimate of drug-likeness (QED) is 0.222. The van der Waals surface area contributed by atoms with Crippen molar-refractivity contribution in [1.82, 2.24) is 0 Å². The normalized spacial score (nSPS) is 10.8. The Morgan fingerprint density at radius 2 is 1.71 bits per heavy atom. The number of rotatable bonds is 11. The Labute approximate surface area is 200 Å². The summed E-state index contributed by atoms with van der Waals surface area (Å²) in [6.07, 6.45) is 5.27. The van der Waals surface area contributed by atoms with Crippen LogP contribution in [0.5, 0.6) is 0 Å². The molecule has 3 rings (SSSR count). The summed E-state index contributed by atoms with van der Waals surface area (Å²) >= 11 is 0. The lowest BCUT2D eigenvalue weighted by Gasteiger charge is -2.23. The fourth-order valence-corrected chi connectivity index (χ4v) is 3.83. The van der Waals surface area contributed by atoms with Crippen molar-refractivity contribution in [3.05, 3.63) is 77.3 Å². The second-order valence-electron chi connectivity index (χ2n) is 8.23. The first-order chi connectivity index (χ1) is 16.4. The summed E-state index contributed by atoms with van der Waals surface area (Å²) in [5.74, 6) is 0.0360. The van der Waals surface area contributed by atoms with Crippen LogP contribution in [0, 0.1) is 12.7 Å². The summed E-state index contributed by atoms with van der Waals surface area (Å²) in [6.45, 7) is 6.47. The second kappa shape index (κ2) is 12.2. The molecule has 0 fully saturated rings. The number of hydrogen-bond donors (Lipinski definition) is 0. The molecule has 0 saturated carbocycles. The molecule has 0 aliphatic rings. The van der Waals surface area contributed by atoms with Crippen molar-refractivity contribution in [3.8, 4) is 11.3 Å². The average molecular weight is 466 g/mol. The number of hydrogen-bond acceptors (Lipinski definition) is 4. The molecule has 0 spiro atoms. The molecule has 0 bridgehead atoms. The van der Waals surface area contributed by atoms with Gasteiger partial charge in [-0.05, 0) is 68.8 Å². The van der Waals surface area contributed by atoms with Gasteiger partial charge < -0.3 is 14.1 Å². The summed E-state index contributed by atoms with van der Waals surface area (Å²) < 4.78 is 24.3. The molecule has 1 aromatic heterocycles. The summed E-state index contributed by atoms with van der Waals surface area (Å²) in [5, 5.41) is 0.